The lowest BCUT2D eigenvalue weighted by Gasteiger charge is -2.28. The van der Waals surface area contributed by atoms with Crippen LogP contribution in [0.2, 0.25) is 0 Å². The molecule has 1 aliphatic rings. The van der Waals surface area contributed by atoms with E-state index in [4.69, 9.17) is 17.2 Å². The van der Waals surface area contributed by atoms with Crippen LogP contribution >= 0.6 is 0 Å². The minimum absolute atomic E-state index is 0.00699. The van der Waals surface area contributed by atoms with E-state index < -0.39 is 17.7 Å². The highest BCUT2D eigenvalue weighted by Gasteiger charge is 2.23. The van der Waals surface area contributed by atoms with Crippen LogP contribution in [0.15, 0.2) is 35.5 Å². The number of amides is 2. The predicted molar refractivity (Wildman–Crippen MR) is 89.3 cm³/mol. The van der Waals surface area contributed by atoms with Crippen molar-refractivity contribution in [1.82, 2.24) is 4.90 Å². The van der Waals surface area contributed by atoms with E-state index in [1.165, 1.54) is 17.0 Å². The number of carbonyl (C=O) groups is 1. The predicted octanol–water partition coefficient (Wildman–Crippen LogP) is 2.29. The van der Waals surface area contributed by atoms with Crippen LogP contribution in [0.5, 0.6) is 0 Å². The van der Waals surface area contributed by atoms with Gasteiger partial charge in [0.05, 0.1) is 5.56 Å². The van der Waals surface area contributed by atoms with E-state index in [-0.39, 0.29) is 17.2 Å². The van der Waals surface area contributed by atoms with Crippen molar-refractivity contribution < 1.29 is 13.6 Å². The van der Waals surface area contributed by atoms with E-state index in [0.29, 0.717) is 18.7 Å². The van der Waals surface area contributed by atoms with Crippen LogP contribution in [0.1, 0.15) is 24.8 Å². The minimum atomic E-state index is -0.719. The van der Waals surface area contributed by atoms with E-state index >= 15 is 0 Å². The van der Waals surface area contributed by atoms with Gasteiger partial charge in [-0.25, -0.2) is 13.6 Å². The molecule has 0 heterocycles. The van der Waals surface area contributed by atoms with Crippen LogP contribution < -0.4 is 17.2 Å². The molecule has 0 radical (unpaired) electrons. The third kappa shape index (κ3) is 3.84. The average Bonchev–Trinajstić information content (AvgIpc) is 2.50. The number of hydrogen-bond acceptors (Lipinski definition) is 3. The Hall–Kier alpha value is -2.57. The van der Waals surface area contributed by atoms with E-state index in [0.717, 1.165) is 30.5 Å². The first-order valence-corrected chi connectivity index (χ1v) is 7.72. The molecule has 7 heteroatoms. The lowest BCUT2D eigenvalue weighted by Crippen LogP contribution is -2.38. The van der Waals surface area contributed by atoms with Crippen molar-refractivity contribution in [2.24, 2.45) is 23.1 Å². The molecule has 2 rings (SSSR count). The first-order valence-electron chi connectivity index (χ1n) is 7.72. The van der Waals surface area contributed by atoms with Gasteiger partial charge in [0.1, 0.15) is 11.6 Å². The van der Waals surface area contributed by atoms with Crippen LogP contribution in [0, 0.1) is 17.6 Å². The molecule has 0 bridgehead atoms. The number of benzene rings is 1. The van der Waals surface area contributed by atoms with E-state index in [2.05, 4.69) is 0 Å². The van der Waals surface area contributed by atoms with Gasteiger partial charge in [-0.1, -0.05) is 6.07 Å². The van der Waals surface area contributed by atoms with Gasteiger partial charge >= 0.3 is 6.03 Å². The summed E-state index contributed by atoms with van der Waals surface area (Å²) in [5.74, 6) is -1.49. The number of nitrogens with two attached hydrogens (primary N) is 3. The molecule has 24 heavy (non-hydrogen) atoms. The number of allylic oxidation sites excluding steroid dienone is 2. The molecule has 130 valence electrons. The largest absolute Gasteiger partial charge is 0.402 e. The molecule has 1 aliphatic carbocycles. The number of carbonyl (C=O) groups excluding carboxylic acids is 1. The highest BCUT2D eigenvalue weighted by atomic mass is 19.1. The quantitative estimate of drug-likeness (QED) is 0.786. The van der Waals surface area contributed by atoms with Crippen molar-refractivity contribution in [2.45, 2.75) is 19.3 Å². The Morgan fingerprint density at radius 2 is 1.96 bits per heavy atom. The van der Waals surface area contributed by atoms with Crippen LogP contribution in [0.3, 0.4) is 0 Å². The summed E-state index contributed by atoms with van der Waals surface area (Å²) in [4.78, 5) is 12.6. The maximum atomic E-state index is 13.8. The summed E-state index contributed by atoms with van der Waals surface area (Å²) in [5.41, 5.74) is 18.4. The zero-order valence-electron chi connectivity index (χ0n) is 13.6. The molecule has 0 aliphatic heterocycles. The number of nitrogens with zero attached hydrogens (tertiary/aromatic N) is 1. The zero-order valence-corrected chi connectivity index (χ0v) is 13.6. The molecule has 6 N–H and O–H groups in total. The van der Waals surface area contributed by atoms with Crippen molar-refractivity contribution >= 4 is 11.7 Å². The third-order valence-corrected chi connectivity index (χ3v) is 4.26. The summed E-state index contributed by atoms with van der Waals surface area (Å²) >= 11 is 0. The Morgan fingerprint density at radius 1 is 1.33 bits per heavy atom. The summed E-state index contributed by atoms with van der Waals surface area (Å²) < 4.78 is 27.6. The molecule has 1 aromatic carbocycles. The minimum Gasteiger partial charge on any atom is -0.402 e. The van der Waals surface area contributed by atoms with Crippen LogP contribution in [-0.2, 0) is 0 Å². The maximum Gasteiger partial charge on any atom is 0.314 e. The summed E-state index contributed by atoms with van der Waals surface area (Å²) in [7, 11) is 1.60. The Bertz CT molecular complexity index is 680. The van der Waals surface area contributed by atoms with E-state index in [1.54, 1.807) is 7.05 Å². The number of urea groups is 1. The number of hydrogen-bond donors (Lipinski definition) is 3. The normalized spacial score (nSPS) is 18.6. The molecule has 1 atom stereocenters. The van der Waals surface area contributed by atoms with Crippen LogP contribution in [-0.4, -0.2) is 24.5 Å². The van der Waals surface area contributed by atoms with Gasteiger partial charge < -0.3 is 22.1 Å². The second-order valence-corrected chi connectivity index (χ2v) is 5.98. The molecule has 0 saturated carbocycles. The average molecular weight is 336 g/mol. The smallest absolute Gasteiger partial charge is 0.314 e. The molecule has 5 nitrogen and oxygen atoms in total. The maximum absolute atomic E-state index is 13.8. The van der Waals surface area contributed by atoms with Crippen molar-refractivity contribution in [3.63, 3.8) is 0 Å². The molecule has 1 unspecified atom stereocenters. The molecule has 2 amide bonds. The topological polar surface area (TPSA) is 98.4 Å². The second-order valence-electron chi connectivity index (χ2n) is 5.98. The fourth-order valence-corrected chi connectivity index (χ4v) is 2.90. The molecule has 0 spiro atoms. The summed E-state index contributed by atoms with van der Waals surface area (Å²) in [5, 5.41) is 0. The number of halogens is 2. The van der Waals surface area contributed by atoms with Crippen molar-refractivity contribution in [1.29, 1.82) is 0 Å². The van der Waals surface area contributed by atoms with Gasteiger partial charge in [0.25, 0.3) is 0 Å². The van der Waals surface area contributed by atoms with E-state index in [1.807, 2.05) is 0 Å². The monoisotopic (exact) mass is 336 g/mol. The lowest BCUT2D eigenvalue weighted by atomic mass is 9.86. The third-order valence-electron chi connectivity index (χ3n) is 4.26. The molecule has 0 fully saturated rings. The fraction of sp³-hybridized carbons (Fsp3) is 0.353. The zero-order chi connectivity index (χ0) is 17.9. The van der Waals surface area contributed by atoms with Crippen molar-refractivity contribution in [3.05, 3.63) is 52.7 Å². The molecule has 1 aromatic rings. The Balaban J connectivity index is 2.31. The van der Waals surface area contributed by atoms with Gasteiger partial charge in [-0.05, 0) is 43.0 Å². The SMILES string of the molecule is CN(CC1CCCC(/C=C(\N)c2c(F)cccc2F)=C1N)C(N)=O. The standard InChI is InChI=1S/C17H22F2N4O/c1-23(17(22)24)9-11-5-2-4-10(16(11)21)8-14(20)15-12(18)6-3-7-13(15)19/h3,6-8,11H,2,4-5,9,20-21H2,1H3,(H2,22,24)/b14-8-. The molecular formula is C17H22F2N4O. The molecule has 0 saturated heterocycles. The van der Waals surface area contributed by atoms with Gasteiger partial charge in [-0.3, -0.25) is 0 Å². The first kappa shape index (κ1) is 17.8. The highest BCUT2D eigenvalue weighted by Crippen LogP contribution is 2.30. The first-order chi connectivity index (χ1) is 11.3. The summed E-state index contributed by atoms with van der Waals surface area (Å²) in [6.45, 7) is 0.395. The number of rotatable bonds is 4. The van der Waals surface area contributed by atoms with Gasteiger partial charge in [-0.2, -0.15) is 0 Å². The second kappa shape index (κ2) is 7.33. The lowest BCUT2D eigenvalue weighted by molar-refractivity contribution is 0.210. The Morgan fingerprint density at radius 3 is 2.54 bits per heavy atom. The Kier molecular flexibility index (Phi) is 5.43. The van der Waals surface area contributed by atoms with Gasteiger partial charge in [0, 0.05) is 30.9 Å². The summed E-state index contributed by atoms with van der Waals surface area (Å²) in [6.07, 6.45) is 3.85. The van der Waals surface area contributed by atoms with Crippen molar-refractivity contribution in [3.8, 4) is 0 Å². The molecular weight excluding hydrogens is 314 g/mol. The number of primary amides is 1. The highest BCUT2D eigenvalue weighted by molar-refractivity contribution is 5.71. The van der Waals surface area contributed by atoms with Crippen LogP contribution in [0.25, 0.3) is 5.70 Å². The molecule has 0 aromatic heterocycles. The Labute approximate surface area is 139 Å². The van der Waals surface area contributed by atoms with Gasteiger partial charge in [0.2, 0.25) is 0 Å². The van der Waals surface area contributed by atoms with E-state index in [9.17, 15) is 13.6 Å². The van der Waals surface area contributed by atoms with Gasteiger partial charge in [0.15, 0.2) is 0 Å². The summed E-state index contributed by atoms with van der Waals surface area (Å²) in [6, 6.07) is 3.06. The van der Waals surface area contributed by atoms with Crippen LogP contribution in [0.4, 0.5) is 13.6 Å². The van der Waals surface area contributed by atoms with Crippen molar-refractivity contribution in [2.75, 3.05) is 13.6 Å². The fourth-order valence-electron chi connectivity index (χ4n) is 2.90. The van der Waals surface area contributed by atoms with Gasteiger partial charge in [-0.15, -0.1) is 0 Å².